The summed E-state index contributed by atoms with van der Waals surface area (Å²) < 4.78 is 22.5. The number of ether oxygens (including phenoxy) is 4. The van der Waals surface area contributed by atoms with E-state index in [-0.39, 0.29) is 74.8 Å². The van der Waals surface area contributed by atoms with Crippen molar-refractivity contribution in [3.63, 3.8) is 0 Å². The van der Waals surface area contributed by atoms with E-state index in [9.17, 15) is 29.1 Å². The Kier molecular flexibility index (Phi) is 30.4. The highest BCUT2D eigenvalue weighted by Gasteiger charge is 2.51. The molecular formula is C51H85NO13. The zero-order valence-corrected chi connectivity index (χ0v) is 41.1. The number of allylic oxidation sites excluding steroid dienone is 7. The zero-order valence-electron chi connectivity index (χ0n) is 41.1. The van der Waals surface area contributed by atoms with E-state index < -0.39 is 41.5 Å². The molecule has 1 aliphatic carbocycles. The van der Waals surface area contributed by atoms with Gasteiger partial charge in [0.1, 0.15) is 23.7 Å². The molecule has 3 rings (SSSR count). The quantitative estimate of drug-likeness (QED) is 0.0335. The van der Waals surface area contributed by atoms with E-state index in [0.29, 0.717) is 50.9 Å². The van der Waals surface area contributed by atoms with Gasteiger partial charge in [0, 0.05) is 59.0 Å². The van der Waals surface area contributed by atoms with Crippen molar-refractivity contribution in [1.82, 2.24) is 4.90 Å². The number of aliphatic hydroxyl groups is 4. The molecule has 3 aliphatic rings. The lowest BCUT2D eigenvalue weighted by molar-refractivity contribution is -0.240. The zero-order chi connectivity index (χ0) is 49.0. The molecule has 2 heterocycles. The summed E-state index contributed by atoms with van der Waals surface area (Å²) in [6, 6.07) is -0.995. The van der Waals surface area contributed by atoms with Crippen LogP contribution in [0, 0.1) is 23.7 Å². The lowest BCUT2D eigenvalue weighted by Gasteiger charge is -2.39. The molecule has 9 atom stereocenters. The number of hydrogen-bond donors (Lipinski definition) is 4. The Hall–Kier alpha value is -3.37. The Morgan fingerprint density at radius 3 is 2.20 bits per heavy atom. The molecule has 0 aromatic carbocycles. The fourth-order valence-electron chi connectivity index (χ4n) is 8.28. The maximum Gasteiger partial charge on any atom is 0.329 e. The normalized spacial score (nSPS) is 24.8. The SMILES string of the molecule is CO.CO[C@H]1CCC[C@@H](CCC(CC(=O)C/C=C(\C)[C@@H](C)CC(=O)[C@H](C)CC/C=C/C=C/C=C(\C)[C@H](C)OC)OC(=O)[C@@H]2CCCCN2C(=O)C(=O)[C@]2(O)OCCC[C@H]2C)C1.OCCO. The Bertz CT molecular complexity index is 1550. The number of carbonyl (C=O) groups is 5. The first-order chi connectivity index (χ1) is 31.0. The third-order valence-electron chi connectivity index (χ3n) is 13.1. The highest BCUT2D eigenvalue weighted by atomic mass is 16.6. The summed E-state index contributed by atoms with van der Waals surface area (Å²) in [5.41, 5.74) is 2.11. The van der Waals surface area contributed by atoms with Gasteiger partial charge in [0.25, 0.3) is 11.7 Å². The van der Waals surface area contributed by atoms with Crippen LogP contribution in [0.3, 0.4) is 0 Å². The first-order valence-electron chi connectivity index (χ1n) is 23.9. The number of amides is 1. The molecule has 0 aromatic rings. The molecule has 372 valence electrons. The molecule has 14 nitrogen and oxygen atoms in total. The van der Waals surface area contributed by atoms with Crippen LogP contribution in [0.5, 0.6) is 0 Å². The van der Waals surface area contributed by atoms with Gasteiger partial charge in [0.15, 0.2) is 0 Å². The number of nitrogens with zero attached hydrogens (tertiary/aromatic N) is 1. The molecule has 4 N–H and O–H groups in total. The van der Waals surface area contributed by atoms with Gasteiger partial charge >= 0.3 is 5.97 Å². The van der Waals surface area contributed by atoms with Gasteiger partial charge in [0.05, 0.1) is 32.0 Å². The molecular weight excluding hydrogens is 835 g/mol. The average molecular weight is 920 g/mol. The molecule has 0 spiro atoms. The number of hydrogen-bond acceptors (Lipinski definition) is 13. The van der Waals surface area contributed by atoms with Gasteiger partial charge in [-0.1, -0.05) is 75.6 Å². The summed E-state index contributed by atoms with van der Waals surface area (Å²) >= 11 is 0. The molecule has 1 saturated carbocycles. The third-order valence-corrected chi connectivity index (χ3v) is 13.1. The van der Waals surface area contributed by atoms with Crippen molar-refractivity contribution in [3.05, 3.63) is 47.6 Å². The summed E-state index contributed by atoms with van der Waals surface area (Å²) in [6.45, 7) is 11.8. The topological polar surface area (TPSA) is 206 Å². The van der Waals surface area contributed by atoms with Crippen molar-refractivity contribution in [2.24, 2.45) is 23.7 Å². The lowest BCUT2D eigenvalue weighted by Crippen LogP contribution is -2.59. The van der Waals surface area contributed by atoms with Crippen molar-refractivity contribution in [2.75, 3.05) is 47.7 Å². The van der Waals surface area contributed by atoms with Gasteiger partial charge < -0.3 is 44.3 Å². The summed E-state index contributed by atoms with van der Waals surface area (Å²) in [4.78, 5) is 68.7. The molecule has 14 heteroatoms. The molecule has 0 radical (unpaired) electrons. The number of rotatable bonds is 24. The smallest absolute Gasteiger partial charge is 0.329 e. The van der Waals surface area contributed by atoms with E-state index in [1.165, 1.54) is 4.90 Å². The summed E-state index contributed by atoms with van der Waals surface area (Å²) in [7, 11) is 4.42. The van der Waals surface area contributed by atoms with Gasteiger partial charge in [-0.15, -0.1) is 0 Å². The molecule has 3 fully saturated rings. The van der Waals surface area contributed by atoms with Crippen LogP contribution in [0.2, 0.25) is 0 Å². The van der Waals surface area contributed by atoms with E-state index in [4.69, 9.17) is 34.3 Å². The molecule has 1 amide bonds. The third kappa shape index (κ3) is 21.4. The predicted molar refractivity (Wildman–Crippen MR) is 252 cm³/mol. The number of likely N-dealkylation sites (tertiary alicyclic amines) is 1. The second-order valence-electron chi connectivity index (χ2n) is 17.9. The standard InChI is InChI=1S/C48H75NO10.C2H6O2.CH4O/c1-33(36(4)30-44(51)35(3)19-13-11-9-10-12-18-34(2)38(6)56-7)24-26-40(50)32-42(27-25-39-21-16-22-41(31-39)57-8)59-47(54)43-23-14-15-28-49(43)46(53)45(52)48(55)37(5)20-17-29-58-48;3-1-2-4;1-2/h9-12,18,24,35-39,41-43,55H,13-17,19-23,25-32H2,1-8H3;3-4H,1-2H2;2H,1H3/b11-9+,12-10+,33-24+,34-18+;;/t35-,36+,37-,38+,39+,41+,42?,43+,48-;;/m1../s1. The Morgan fingerprint density at radius 1 is 0.846 bits per heavy atom. The van der Waals surface area contributed by atoms with E-state index in [1.807, 2.05) is 65.0 Å². The number of methoxy groups -OCH3 is 2. The largest absolute Gasteiger partial charge is 0.460 e. The van der Waals surface area contributed by atoms with Gasteiger partial charge in [-0.2, -0.15) is 0 Å². The Balaban J connectivity index is 0.00000333. The van der Waals surface area contributed by atoms with E-state index >= 15 is 0 Å². The van der Waals surface area contributed by atoms with E-state index in [0.717, 1.165) is 63.2 Å². The Morgan fingerprint density at radius 2 is 1.55 bits per heavy atom. The van der Waals surface area contributed by atoms with Crippen LogP contribution in [0.4, 0.5) is 0 Å². The van der Waals surface area contributed by atoms with Crippen LogP contribution in [-0.4, -0.2) is 132 Å². The highest BCUT2D eigenvalue weighted by molar-refractivity contribution is 6.39. The van der Waals surface area contributed by atoms with E-state index in [2.05, 4.69) is 6.08 Å². The second-order valence-corrected chi connectivity index (χ2v) is 17.9. The molecule has 0 aromatic heterocycles. The molecule has 65 heavy (non-hydrogen) atoms. The monoisotopic (exact) mass is 920 g/mol. The van der Waals surface area contributed by atoms with Gasteiger partial charge in [-0.25, -0.2) is 4.79 Å². The first kappa shape index (κ1) is 59.6. The summed E-state index contributed by atoms with van der Waals surface area (Å²) in [6.07, 6.45) is 21.8. The fourth-order valence-corrected chi connectivity index (χ4v) is 8.28. The maximum atomic E-state index is 13.9. The second kappa shape index (κ2) is 33.2. The van der Waals surface area contributed by atoms with Crippen molar-refractivity contribution in [2.45, 2.75) is 174 Å². The van der Waals surface area contributed by atoms with Gasteiger partial charge in [-0.05, 0) is 109 Å². The van der Waals surface area contributed by atoms with Crippen molar-refractivity contribution in [3.8, 4) is 0 Å². The first-order valence-corrected chi connectivity index (χ1v) is 23.9. The number of Topliss-reactive ketones (excluding diaryl/α,β-unsaturated/α-hetero) is 3. The summed E-state index contributed by atoms with van der Waals surface area (Å²) in [5, 5.41) is 33.3. The number of esters is 1. The van der Waals surface area contributed by atoms with Crippen LogP contribution >= 0.6 is 0 Å². The van der Waals surface area contributed by atoms with Gasteiger partial charge in [0.2, 0.25) is 5.79 Å². The fraction of sp³-hybridized carbons (Fsp3) is 0.745. The maximum absolute atomic E-state index is 13.9. The molecule has 0 bridgehead atoms. The lowest BCUT2D eigenvalue weighted by atomic mass is 9.83. The average Bonchev–Trinajstić information content (AvgIpc) is 3.32. The molecule has 2 saturated heterocycles. The van der Waals surface area contributed by atoms with Crippen LogP contribution in [0.15, 0.2) is 47.6 Å². The number of carbonyl (C=O) groups excluding carboxylic acids is 5. The minimum absolute atomic E-state index is 0.0213. The van der Waals surface area contributed by atoms with E-state index in [1.54, 1.807) is 21.1 Å². The van der Waals surface area contributed by atoms with Crippen LogP contribution in [-0.2, 0) is 42.9 Å². The number of piperidine rings is 1. The minimum atomic E-state index is -2.22. The molecule has 2 aliphatic heterocycles. The minimum Gasteiger partial charge on any atom is -0.460 e. The van der Waals surface area contributed by atoms with Crippen molar-refractivity contribution >= 4 is 29.2 Å². The Labute approximate surface area is 389 Å². The van der Waals surface area contributed by atoms with Gasteiger partial charge in [-0.3, -0.25) is 19.2 Å². The summed E-state index contributed by atoms with van der Waals surface area (Å²) in [5.74, 6) is -5.01. The van der Waals surface area contributed by atoms with Crippen LogP contribution in [0.1, 0.15) is 144 Å². The van der Waals surface area contributed by atoms with Crippen LogP contribution in [0.25, 0.3) is 0 Å². The van der Waals surface area contributed by atoms with Crippen LogP contribution < -0.4 is 0 Å². The van der Waals surface area contributed by atoms with Crippen molar-refractivity contribution in [1.29, 1.82) is 0 Å². The predicted octanol–water partition coefficient (Wildman–Crippen LogP) is 6.95. The molecule has 1 unspecified atom stereocenters. The van der Waals surface area contributed by atoms with Crippen molar-refractivity contribution < 1.29 is 63.3 Å². The highest BCUT2D eigenvalue weighted by Crippen LogP contribution is 2.33. The number of ketones is 3. The number of aliphatic hydroxyl groups excluding tert-OH is 3.